The van der Waals surface area contributed by atoms with E-state index < -0.39 is 15.4 Å². The summed E-state index contributed by atoms with van der Waals surface area (Å²) in [5.74, 6) is 6.32. The second kappa shape index (κ2) is 7.04. The predicted octanol–water partition coefficient (Wildman–Crippen LogP) is 1.82. The van der Waals surface area contributed by atoms with Gasteiger partial charge in [-0.05, 0) is 44.5 Å². The average molecular weight is 335 g/mol. The lowest BCUT2D eigenvalue weighted by Gasteiger charge is -2.26. The summed E-state index contributed by atoms with van der Waals surface area (Å²) in [6.07, 6.45) is 0.727. The van der Waals surface area contributed by atoms with Crippen molar-refractivity contribution in [1.82, 2.24) is 4.90 Å². The van der Waals surface area contributed by atoms with Crippen molar-refractivity contribution in [3.05, 3.63) is 35.4 Å². The first-order chi connectivity index (χ1) is 10.7. The number of rotatable bonds is 4. The van der Waals surface area contributed by atoms with Crippen LogP contribution >= 0.6 is 0 Å². The Hall–Kier alpha value is -1.35. The van der Waals surface area contributed by atoms with E-state index in [0.29, 0.717) is 5.75 Å². The van der Waals surface area contributed by atoms with Crippen molar-refractivity contribution in [1.29, 1.82) is 0 Å². The van der Waals surface area contributed by atoms with E-state index in [1.54, 1.807) is 13.8 Å². The first kappa shape index (κ1) is 18.0. The standard InChI is InChI=1S/C18H25NO3S/c1-4-19(17-10-12-23(21,22)14-17)13-16-7-5-15(6-8-16)9-11-18(2,3)20/h5-8,17,20H,4,10,12-14H2,1-3H3. The second-order valence-corrected chi connectivity index (χ2v) is 8.85. The first-order valence-corrected chi connectivity index (χ1v) is 9.79. The van der Waals surface area contributed by atoms with Crippen molar-refractivity contribution in [3.63, 3.8) is 0 Å². The van der Waals surface area contributed by atoms with E-state index in [-0.39, 0.29) is 11.8 Å². The van der Waals surface area contributed by atoms with Crippen molar-refractivity contribution in [3.8, 4) is 11.8 Å². The monoisotopic (exact) mass is 335 g/mol. The maximum atomic E-state index is 11.6. The molecule has 0 bridgehead atoms. The number of aliphatic hydroxyl groups is 1. The van der Waals surface area contributed by atoms with Gasteiger partial charge >= 0.3 is 0 Å². The topological polar surface area (TPSA) is 57.6 Å². The number of hydrogen-bond donors (Lipinski definition) is 1. The Bertz CT molecular complexity index is 691. The van der Waals surface area contributed by atoms with Gasteiger partial charge in [-0.3, -0.25) is 4.90 Å². The van der Waals surface area contributed by atoms with Crippen molar-refractivity contribution in [2.45, 2.75) is 45.4 Å². The first-order valence-electron chi connectivity index (χ1n) is 7.97. The smallest absolute Gasteiger partial charge is 0.151 e. The van der Waals surface area contributed by atoms with Crippen LogP contribution in [0.4, 0.5) is 0 Å². The fourth-order valence-corrected chi connectivity index (χ4v) is 4.48. The van der Waals surface area contributed by atoms with Crippen LogP contribution in [0.1, 0.15) is 38.3 Å². The van der Waals surface area contributed by atoms with Gasteiger partial charge in [0.1, 0.15) is 5.60 Å². The fraction of sp³-hybridized carbons (Fsp3) is 0.556. The molecule has 0 saturated carbocycles. The van der Waals surface area contributed by atoms with Gasteiger partial charge in [0.15, 0.2) is 9.84 Å². The summed E-state index contributed by atoms with van der Waals surface area (Å²) in [6.45, 7) is 6.96. The van der Waals surface area contributed by atoms with Gasteiger partial charge in [0.2, 0.25) is 0 Å². The number of benzene rings is 1. The zero-order valence-electron chi connectivity index (χ0n) is 14.0. The molecule has 1 heterocycles. The minimum absolute atomic E-state index is 0.125. The third-order valence-electron chi connectivity index (χ3n) is 3.98. The molecule has 1 aromatic carbocycles. The molecule has 0 radical (unpaired) electrons. The van der Waals surface area contributed by atoms with Crippen LogP contribution in [0.5, 0.6) is 0 Å². The predicted molar refractivity (Wildman–Crippen MR) is 92.8 cm³/mol. The molecule has 0 aliphatic carbocycles. The van der Waals surface area contributed by atoms with E-state index in [2.05, 4.69) is 23.7 Å². The largest absolute Gasteiger partial charge is 0.378 e. The summed E-state index contributed by atoms with van der Waals surface area (Å²) in [4.78, 5) is 2.22. The van der Waals surface area contributed by atoms with E-state index in [1.165, 1.54) is 0 Å². The fourth-order valence-electron chi connectivity index (χ4n) is 2.72. The molecule has 1 aromatic rings. The zero-order chi connectivity index (χ0) is 17.1. The van der Waals surface area contributed by atoms with Gasteiger partial charge in [-0.15, -0.1) is 0 Å². The zero-order valence-corrected chi connectivity index (χ0v) is 14.9. The summed E-state index contributed by atoms with van der Waals surface area (Å²) < 4.78 is 23.3. The molecule has 1 saturated heterocycles. The van der Waals surface area contributed by atoms with Crippen LogP contribution in [0.2, 0.25) is 0 Å². The lowest BCUT2D eigenvalue weighted by molar-refractivity contribution is 0.143. The van der Waals surface area contributed by atoms with Gasteiger partial charge in [0, 0.05) is 18.2 Å². The highest BCUT2D eigenvalue weighted by Gasteiger charge is 2.31. The molecule has 0 spiro atoms. The number of hydrogen-bond acceptors (Lipinski definition) is 4. The minimum Gasteiger partial charge on any atom is -0.378 e. The minimum atomic E-state index is -2.85. The molecule has 1 unspecified atom stereocenters. The van der Waals surface area contributed by atoms with Crippen LogP contribution in [0, 0.1) is 11.8 Å². The number of sulfone groups is 1. The normalized spacial score (nSPS) is 20.3. The maximum absolute atomic E-state index is 11.6. The Morgan fingerprint density at radius 1 is 1.30 bits per heavy atom. The Labute approximate surface area is 139 Å². The molecule has 4 nitrogen and oxygen atoms in total. The summed E-state index contributed by atoms with van der Waals surface area (Å²) in [5, 5.41) is 9.62. The van der Waals surface area contributed by atoms with Gasteiger partial charge in [-0.2, -0.15) is 0 Å². The molecule has 0 amide bonds. The molecule has 5 heteroatoms. The van der Waals surface area contributed by atoms with Gasteiger partial charge < -0.3 is 5.11 Å². The van der Waals surface area contributed by atoms with E-state index in [4.69, 9.17) is 0 Å². The second-order valence-electron chi connectivity index (χ2n) is 6.63. The Kier molecular flexibility index (Phi) is 5.51. The summed E-state index contributed by atoms with van der Waals surface area (Å²) in [6, 6.07) is 8.03. The van der Waals surface area contributed by atoms with Crippen LogP contribution in [-0.2, 0) is 16.4 Å². The Balaban J connectivity index is 2.03. The molecule has 1 aliphatic rings. The van der Waals surface area contributed by atoms with Crippen molar-refractivity contribution in [2.75, 3.05) is 18.1 Å². The molecule has 0 aromatic heterocycles. The van der Waals surface area contributed by atoms with Crippen LogP contribution in [0.25, 0.3) is 0 Å². The Morgan fingerprint density at radius 2 is 1.96 bits per heavy atom. The van der Waals surface area contributed by atoms with Crippen LogP contribution in [0.15, 0.2) is 24.3 Å². The molecule has 126 valence electrons. The SMILES string of the molecule is CCN(Cc1ccc(C#CC(C)(C)O)cc1)C1CCS(=O)(=O)C1. The lowest BCUT2D eigenvalue weighted by Crippen LogP contribution is -2.35. The van der Waals surface area contributed by atoms with Gasteiger partial charge in [0.05, 0.1) is 11.5 Å². The van der Waals surface area contributed by atoms with Gasteiger partial charge in [-0.25, -0.2) is 8.42 Å². The maximum Gasteiger partial charge on any atom is 0.151 e. The highest BCUT2D eigenvalue weighted by atomic mass is 32.2. The lowest BCUT2D eigenvalue weighted by atomic mass is 10.1. The highest BCUT2D eigenvalue weighted by molar-refractivity contribution is 7.91. The van der Waals surface area contributed by atoms with E-state index in [9.17, 15) is 13.5 Å². The molecular weight excluding hydrogens is 310 g/mol. The van der Waals surface area contributed by atoms with Crippen molar-refractivity contribution >= 4 is 9.84 Å². The summed E-state index contributed by atoms with van der Waals surface area (Å²) in [7, 11) is -2.85. The highest BCUT2D eigenvalue weighted by Crippen LogP contribution is 2.20. The third kappa shape index (κ3) is 5.65. The van der Waals surface area contributed by atoms with Crippen LogP contribution < -0.4 is 0 Å². The molecule has 23 heavy (non-hydrogen) atoms. The van der Waals surface area contributed by atoms with Crippen LogP contribution in [0.3, 0.4) is 0 Å². The Morgan fingerprint density at radius 3 is 2.43 bits per heavy atom. The molecule has 1 aliphatic heterocycles. The summed E-state index contributed by atoms with van der Waals surface area (Å²) >= 11 is 0. The van der Waals surface area contributed by atoms with Crippen LogP contribution in [-0.4, -0.2) is 48.1 Å². The van der Waals surface area contributed by atoms with Gasteiger partial charge in [-0.1, -0.05) is 30.9 Å². The van der Waals surface area contributed by atoms with E-state index >= 15 is 0 Å². The van der Waals surface area contributed by atoms with E-state index in [1.807, 2.05) is 24.3 Å². The number of nitrogens with zero attached hydrogens (tertiary/aromatic N) is 1. The molecule has 2 rings (SSSR count). The average Bonchev–Trinajstić information content (AvgIpc) is 2.83. The molecule has 1 N–H and O–H groups in total. The van der Waals surface area contributed by atoms with Gasteiger partial charge in [0.25, 0.3) is 0 Å². The molecule has 1 atom stereocenters. The van der Waals surface area contributed by atoms with E-state index in [0.717, 1.165) is 30.6 Å². The quantitative estimate of drug-likeness (QED) is 0.853. The third-order valence-corrected chi connectivity index (χ3v) is 5.73. The molecular formula is C18H25NO3S. The molecule has 1 fully saturated rings. The van der Waals surface area contributed by atoms with Crippen molar-refractivity contribution < 1.29 is 13.5 Å². The van der Waals surface area contributed by atoms with Crippen molar-refractivity contribution in [2.24, 2.45) is 0 Å². The summed E-state index contributed by atoms with van der Waals surface area (Å²) in [5.41, 5.74) is 1.01.